The normalized spacial score (nSPS) is 13.9. The van der Waals surface area contributed by atoms with E-state index in [1.165, 1.54) is 18.4 Å². The molecule has 1 aromatic heterocycles. The van der Waals surface area contributed by atoms with Crippen molar-refractivity contribution in [2.45, 2.75) is 19.3 Å². The number of hydrogen-bond donors (Lipinski definition) is 1. The Balaban J connectivity index is 1.54. The third kappa shape index (κ3) is 3.38. The first-order valence-corrected chi connectivity index (χ1v) is 9.15. The molecule has 1 aliphatic rings. The van der Waals surface area contributed by atoms with Gasteiger partial charge in [-0.15, -0.1) is 10.2 Å². The summed E-state index contributed by atoms with van der Waals surface area (Å²) in [5, 5.41) is 13.5. The van der Waals surface area contributed by atoms with Gasteiger partial charge in [0.2, 0.25) is 0 Å². The zero-order valence-corrected chi connectivity index (χ0v) is 14.7. The zero-order valence-electron chi connectivity index (χ0n) is 14.7. The Bertz CT molecular complexity index is 904. The summed E-state index contributed by atoms with van der Waals surface area (Å²) in [7, 11) is 0. The maximum atomic E-state index is 12.7. The molecule has 2 heterocycles. The first kappa shape index (κ1) is 16.5. The molecule has 1 amide bonds. The van der Waals surface area contributed by atoms with Gasteiger partial charge in [0.25, 0.3) is 5.91 Å². The number of hydrogen-bond acceptors (Lipinski definition) is 4. The van der Waals surface area contributed by atoms with Gasteiger partial charge in [0.05, 0.1) is 0 Å². The van der Waals surface area contributed by atoms with E-state index in [-0.39, 0.29) is 5.91 Å². The standard InChI is InChI=1S/C21H22N4O/c26-21(22-13-12-16-8-2-1-3-9-16)19-17-10-4-5-11-18(17)20(24-23-19)25-14-6-7-15-25/h1-5,8-11H,6-7,12-15H2,(H,22,26). The Kier molecular flexibility index (Phi) is 4.78. The molecule has 0 radical (unpaired) electrons. The van der Waals surface area contributed by atoms with Gasteiger partial charge in [-0.25, -0.2) is 0 Å². The van der Waals surface area contributed by atoms with Crippen molar-refractivity contribution in [2.24, 2.45) is 0 Å². The van der Waals surface area contributed by atoms with Crippen LogP contribution in [0.3, 0.4) is 0 Å². The van der Waals surface area contributed by atoms with Crippen LogP contribution in [0.25, 0.3) is 10.8 Å². The third-order valence-electron chi connectivity index (χ3n) is 4.83. The van der Waals surface area contributed by atoms with Crippen LogP contribution in [0.5, 0.6) is 0 Å². The highest BCUT2D eigenvalue weighted by Crippen LogP contribution is 2.28. The van der Waals surface area contributed by atoms with Crippen LogP contribution < -0.4 is 10.2 Å². The van der Waals surface area contributed by atoms with Gasteiger partial charge in [-0.05, 0) is 24.8 Å². The second-order valence-electron chi connectivity index (χ2n) is 6.60. The van der Waals surface area contributed by atoms with Crippen molar-refractivity contribution in [1.29, 1.82) is 0 Å². The van der Waals surface area contributed by atoms with E-state index in [9.17, 15) is 4.79 Å². The number of fused-ring (bicyclic) bond motifs is 1. The first-order chi connectivity index (χ1) is 12.8. The fraction of sp³-hybridized carbons (Fsp3) is 0.286. The van der Waals surface area contributed by atoms with Crippen molar-refractivity contribution >= 4 is 22.5 Å². The van der Waals surface area contributed by atoms with E-state index in [1.807, 2.05) is 42.5 Å². The third-order valence-corrected chi connectivity index (χ3v) is 4.83. The molecule has 0 atom stereocenters. The van der Waals surface area contributed by atoms with E-state index < -0.39 is 0 Å². The molecule has 26 heavy (non-hydrogen) atoms. The molecule has 0 saturated carbocycles. The van der Waals surface area contributed by atoms with E-state index >= 15 is 0 Å². The highest BCUT2D eigenvalue weighted by Gasteiger charge is 2.20. The minimum absolute atomic E-state index is 0.169. The molecule has 3 aromatic rings. The minimum atomic E-state index is -0.169. The van der Waals surface area contributed by atoms with Crippen LogP contribution in [-0.2, 0) is 6.42 Å². The summed E-state index contributed by atoms with van der Waals surface area (Å²) in [6, 6.07) is 18.0. The molecule has 1 saturated heterocycles. The zero-order chi connectivity index (χ0) is 17.8. The SMILES string of the molecule is O=C(NCCc1ccccc1)c1nnc(N2CCCC2)c2ccccc12. The van der Waals surface area contributed by atoms with Crippen LogP contribution in [0.1, 0.15) is 28.9 Å². The fourth-order valence-electron chi connectivity index (χ4n) is 3.47. The first-order valence-electron chi connectivity index (χ1n) is 9.15. The molecule has 0 bridgehead atoms. The maximum Gasteiger partial charge on any atom is 0.272 e. The molecular weight excluding hydrogens is 324 g/mol. The van der Waals surface area contributed by atoms with Crippen LogP contribution in [0.4, 0.5) is 5.82 Å². The summed E-state index contributed by atoms with van der Waals surface area (Å²) in [4.78, 5) is 14.9. The van der Waals surface area contributed by atoms with Crippen LogP contribution in [-0.4, -0.2) is 35.7 Å². The number of rotatable bonds is 5. The molecule has 1 N–H and O–H groups in total. The van der Waals surface area contributed by atoms with Crippen LogP contribution in [0.2, 0.25) is 0 Å². The lowest BCUT2D eigenvalue weighted by atomic mass is 10.1. The fourth-order valence-corrected chi connectivity index (χ4v) is 3.47. The Morgan fingerprint density at radius 3 is 2.38 bits per heavy atom. The van der Waals surface area contributed by atoms with Gasteiger partial charge in [0.15, 0.2) is 11.5 Å². The van der Waals surface area contributed by atoms with Crippen molar-refractivity contribution in [2.75, 3.05) is 24.5 Å². The minimum Gasteiger partial charge on any atom is -0.355 e. The predicted octanol–water partition coefficient (Wildman–Crippen LogP) is 3.20. The quantitative estimate of drug-likeness (QED) is 0.771. The molecule has 5 heteroatoms. The number of nitrogens with zero attached hydrogens (tertiary/aromatic N) is 3. The van der Waals surface area contributed by atoms with Crippen molar-refractivity contribution < 1.29 is 4.79 Å². The summed E-state index contributed by atoms with van der Waals surface area (Å²) in [6.45, 7) is 2.58. The Labute approximate surface area is 153 Å². The average molecular weight is 346 g/mol. The van der Waals surface area contributed by atoms with E-state index in [4.69, 9.17) is 0 Å². The molecule has 0 spiro atoms. The van der Waals surface area contributed by atoms with Gasteiger partial charge in [-0.2, -0.15) is 0 Å². The van der Waals surface area contributed by atoms with E-state index in [0.29, 0.717) is 12.2 Å². The van der Waals surface area contributed by atoms with E-state index in [0.717, 1.165) is 36.1 Å². The van der Waals surface area contributed by atoms with Crippen molar-refractivity contribution in [1.82, 2.24) is 15.5 Å². The van der Waals surface area contributed by atoms with Gasteiger partial charge in [-0.3, -0.25) is 4.79 Å². The second-order valence-corrected chi connectivity index (χ2v) is 6.60. The number of benzene rings is 2. The van der Waals surface area contributed by atoms with Crippen LogP contribution in [0, 0.1) is 0 Å². The predicted molar refractivity (Wildman–Crippen MR) is 103 cm³/mol. The number of amides is 1. The smallest absolute Gasteiger partial charge is 0.272 e. The molecule has 1 fully saturated rings. The molecule has 1 aliphatic heterocycles. The molecule has 2 aromatic carbocycles. The number of carbonyl (C=O) groups excluding carboxylic acids is 1. The number of carbonyl (C=O) groups is 1. The van der Waals surface area contributed by atoms with E-state index in [2.05, 4.69) is 32.5 Å². The van der Waals surface area contributed by atoms with Gasteiger partial charge in [-0.1, -0.05) is 54.6 Å². The van der Waals surface area contributed by atoms with Gasteiger partial charge in [0.1, 0.15) is 0 Å². The van der Waals surface area contributed by atoms with Crippen molar-refractivity contribution in [3.05, 3.63) is 65.9 Å². The van der Waals surface area contributed by atoms with Crippen molar-refractivity contribution in [3.63, 3.8) is 0 Å². The number of nitrogens with one attached hydrogen (secondary N) is 1. The van der Waals surface area contributed by atoms with E-state index in [1.54, 1.807) is 0 Å². The molecule has 5 nitrogen and oxygen atoms in total. The summed E-state index contributed by atoms with van der Waals surface area (Å²) < 4.78 is 0. The number of anilines is 1. The summed E-state index contributed by atoms with van der Waals surface area (Å²) in [5.74, 6) is 0.719. The highest BCUT2D eigenvalue weighted by atomic mass is 16.1. The monoisotopic (exact) mass is 346 g/mol. The lowest BCUT2D eigenvalue weighted by Crippen LogP contribution is -2.28. The van der Waals surface area contributed by atoms with Gasteiger partial charge >= 0.3 is 0 Å². The molecular formula is C21H22N4O. The summed E-state index contributed by atoms with van der Waals surface area (Å²) in [5.41, 5.74) is 1.60. The van der Waals surface area contributed by atoms with Crippen LogP contribution in [0.15, 0.2) is 54.6 Å². The summed E-state index contributed by atoms with van der Waals surface area (Å²) in [6.07, 6.45) is 3.15. The van der Waals surface area contributed by atoms with Crippen molar-refractivity contribution in [3.8, 4) is 0 Å². The largest absolute Gasteiger partial charge is 0.355 e. The van der Waals surface area contributed by atoms with Crippen LogP contribution >= 0.6 is 0 Å². The lowest BCUT2D eigenvalue weighted by Gasteiger charge is -2.18. The second kappa shape index (κ2) is 7.52. The number of aromatic nitrogens is 2. The Morgan fingerprint density at radius 2 is 1.62 bits per heavy atom. The topological polar surface area (TPSA) is 58.1 Å². The average Bonchev–Trinajstić information content (AvgIpc) is 3.22. The Morgan fingerprint density at radius 1 is 0.923 bits per heavy atom. The molecule has 4 rings (SSSR count). The maximum absolute atomic E-state index is 12.7. The molecule has 0 unspecified atom stereocenters. The molecule has 132 valence electrons. The van der Waals surface area contributed by atoms with Gasteiger partial charge < -0.3 is 10.2 Å². The van der Waals surface area contributed by atoms with Gasteiger partial charge in [0, 0.05) is 30.4 Å². The lowest BCUT2D eigenvalue weighted by molar-refractivity contribution is 0.0950. The highest BCUT2D eigenvalue weighted by molar-refractivity contribution is 6.07. The Hall–Kier alpha value is -2.95. The molecule has 0 aliphatic carbocycles. The summed E-state index contributed by atoms with van der Waals surface area (Å²) >= 11 is 0.